The van der Waals surface area contributed by atoms with Crippen LogP contribution in [-0.4, -0.2) is 70.9 Å². The number of rotatable bonds is 3. The average Bonchev–Trinajstić information content (AvgIpc) is 3.25. The number of hydrogen-bond acceptors (Lipinski definition) is 8. The third kappa shape index (κ3) is 3.81. The number of hydrogen-bond donors (Lipinski definition) is 0. The van der Waals surface area contributed by atoms with Gasteiger partial charge in [-0.2, -0.15) is 0 Å². The zero-order valence-electron chi connectivity index (χ0n) is 13.1. The van der Waals surface area contributed by atoms with Crippen LogP contribution in [0.3, 0.4) is 0 Å². The molecule has 0 unspecified atom stereocenters. The predicted molar refractivity (Wildman–Crippen MR) is 114 cm³/mol. The van der Waals surface area contributed by atoms with Crippen LogP contribution in [0.2, 0.25) is 0 Å². The van der Waals surface area contributed by atoms with Crippen molar-refractivity contribution >= 4 is 97.7 Å². The van der Waals surface area contributed by atoms with E-state index in [1.165, 1.54) is 9.75 Å². The molecule has 4 rings (SSSR count). The van der Waals surface area contributed by atoms with Crippen LogP contribution < -0.4 is 11.0 Å². The molecule has 0 aromatic heterocycles. The zero-order valence-corrected chi connectivity index (χ0v) is 23.2. The minimum absolute atomic E-state index is 0.00701. The Morgan fingerprint density at radius 1 is 0.885 bits per heavy atom. The van der Waals surface area contributed by atoms with Crippen LogP contribution in [0.5, 0.6) is 0 Å². The van der Waals surface area contributed by atoms with Crippen molar-refractivity contribution in [2.45, 2.75) is 0 Å². The summed E-state index contributed by atoms with van der Waals surface area (Å²) in [6.45, 7) is 0. The number of fused-ring (bicyclic) bond motifs is 2. The van der Waals surface area contributed by atoms with Crippen LogP contribution in [-0.2, 0) is 14.1 Å². The van der Waals surface area contributed by atoms with Gasteiger partial charge in [-0.05, 0) is 0 Å². The molecule has 0 radical (unpaired) electrons. The molecular formula is C12H8N6S4Se4. The van der Waals surface area contributed by atoms with Crippen molar-refractivity contribution in [3.8, 4) is 21.4 Å². The SMILES string of the molecule is Cn1c2n[se]sc-2cc(=S)/c1=N\[Se][Se]/N=c1\c(=S)cc2s[se]nc-2n1C. The van der Waals surface area contributed by atoms with Crippen molar-refractivity contribution < 1.29 is 0 Å². The fourth-order valence-corrected chi connectivity index (χ4v) is 13.2. The number of nitrogens with zero attached hydrogens (tertiary/aromatic N) is 6. The summed E-state index contributed by atoms with van der Waals surface area (Å²) in [5.74, 6) is 2.00. The summed E-state index contributed by atoms with van der Waals surface area (Å²) in [4.78, 5) is 2.34. The molecule has 4 heterocycles. The summed E-state index contributed by atoms with van der Waals surface area (Å²) in [5.41, 5.74) is 1.67. The topological polar surface area (TPSA) is 60.4 Å². The third-order valence-corrected chi connectivity index (χ3v) is 13.7. The fraction of sp³-hybridized carbons (Fsp3) is 0.167. The minimum atomic E-state index is 0.00701. The second-order valence-electron chi connectivity index (χ2n) is 4.99. The molecule has 14 heteroatoms. The van der Waals surface area contributed by atoms with Gasteiger partial charge in [-0.3, -0.25) is 0 Å². The Morgan fingerprint density at radius 3 is 1.73 bits per heavy atom. The number of aromatic nitrogens is 4. The van der Waals surface area contributed by atoms with E-state index in [0.29, 0.717) is 0 Å². The van der Waals surface area contributed by atoms with Gasteiger partial charge in [-0.15, -0.1) is 0 Å². The molecule has 0 N–H and O–H groups in total. The van der Waals surface area contributed by atoms with E-state index in [-0.39, 0.29) is 53.9 Å². The maximum absolute atomic E-state index is 5.51. The Morgan fingerprint density at radius 2 is 1.31 bits per heavy atom. The van der Waals surface area contributed by atoms with E-state index in [2.05, 4.69) is 7.96 Å². The van der Waals surface area contributed by atoms with Crippen molar-refractivity contribution in [2.24, 2.45) is 22.1 Å². The monoisotopic (exact) mass is 684 g/mol. The Hall–Kier alpha value is 0.458. The summed E-state index contributed by atoms with van der Waals surface area (Å²) in [6, 6.07) is 4.05. The van der Waals surface area contributed by atoms with E-state index in [4.69, 9.17) is 32.5 Å². The quantitative estimate of drug-likeness (QED) is 0.182. The van der Waals surface area contributed by atoms with Crippen LogP contribution in [0.15, 0.2) is 20.2 Å². The molecule has 4 aliphatic heterocycles. The van der Waals surface area contributed by atoms with Crippen molar-refractivity contribution in [1.29, 1.82) is 0 Å². The van der Waals surface area contributed by atoms with E-state index in [1.54, 1.807) is 19.4 Å². The van der Waals surface area contributed by atoms with Gasteiger partial charge >= 0.3 is 190 Å². The molecule has 0 aliphatic carbocycles. The summed E-state index contributed by atoms with van der Waals surface area (Å²) >= 11 is 11.5. The molecule has 0 fully saturated rings. The molecule has 0 bridgehead atoms. The zero-order chi connectivity index (χ0) is 18.3. The standard InChI is InChI=1S/C12H8N6S4Se4/c1-17-9(5(19)3-7-11(17)13-23-21-7)15-25-26-16-10-6(20)4-8-12(18(10)2)14-24-22-8/h3-4H,1-2H3/b15-9+,16-10+. The van der Waals surface area contributed by atoms with Gasteiger partial charge in [-0.1, -0.05) is 0 Å². The van der Waals surface area contributed by atoms with Gasteiger partial charge in [0.15, 0.2) is 0 Å². The van der Waals surface area contributed by atoms with Crippen molar-refractivity contribution in [3.63, 3.8) is 0 Å². The Bertz CT molecular complexity index is 1170. The molecule has 0 aromatic rings. The second kappa shape index (κ2) is 8.45. The van der Waals surface area contributed by atoms with Crippen LogP contribution in [0.4, 0.5) is 0 Å². The van der Waals surface area contributed by atoms with Gasteiger partial charge in [0.1, 0.15) is 0 Å². The van der Waals surface area contributed by atoms with E-state index >= 15 is 0 Å². The first-order valence-corrected chi connectivity index (χ1v) is 20.8. The second-order valence-corrected chi connectivity index (χ2v) is 16.8. The van der Waals surface area contributed by atoms with Gasteiger partial charge in [0.05, 0.1) is 0 Å². The van der Waals surface area contributed by atoms with Crippen LogP contribution in [0.25, 0.3) is 21.4 Å². The Labute approximate surface area is 188 Å². The molecular weight excluding hydrogens is 672 g/mol. The first-order valence-electron chi connectivity index (χ1n) is 6.88. The number of pyridine rings is 2. The van der Waals surface area contributed by atoms with Crippen molar-refractivity contribution in [1.82, 2.24) is 17.1 Å². The molecule has 6 nitrogen and oxygen atoms in total. The molecule has 0 saturated carbocycles. The molecule has 0 spiro atoms. The van der Waals surface area contributed by atoms with Gasteiger partial charge in [-0.25, -0.2) is 0 Å². The molecule has 0 saturated heterocycles. The average molecular weight is 680 g/mol. The van der Waals surface area contributed by atoms with Crippen molar-refractivity contribution in [2.75, 3.05) is 0 Å². The first kappa shape index (κ1) is 19.8. The summed E-state index contributed by atoms with van der Waals surface area (Å²) < 4.78 is 24.3. The summed E-state index contributed by atoms with van der Waals surface area (Å²) in [7, 11) is 7.53. The van der Waals surface area contributed by atoms with Gasteiger partial charge in [0, 0.05) is 0 Å². The van der Waals surface area contributed by atoms with E-state index < -0.39 is 0 Å². The molecule has 0 aromatic carbocycles. The van der Waals surface area contributed by atoms with Crippen LogP contribution in [0.1, 0.15) is 0 Å². The predicted octanol–water partition coefficient (Wildman–Crippen LogP) is 0.714. The first-order chi connectivity index (χ1) is 12.6. The molecule has 0 amide bonds. The van der Waals surface area contributed by atoms with Crippen LogP contribution in [0, 0.1) is 9.02 Å². The molecule has 134 valence electrons. The van der Waals surface area contributed by atoms with Crippen molar-refractivity contribution in [3.05, 3.63) is 32.1 Å². The van der Waals surface area contributed by atoms with Gasteiger partial charge in [0.2, 0.25) is 0 Å². The van der Waals surface area contributed by atoms with Gasteiger partial charge in [0.25, 0.3) is 0 Å². The van der Waals surface area contributed by atoms with Gasteiger partial charge < -0.3 is 0 Å². The summed E-state index contributed by atoms with van der Waals surface area (Å²) in [5, 5.41) is 0. The van der Waals surface area contributed by atoms with E-state index in [9.17, 15) is 0 Å². The Kier molecular flexibility index (Phi) is 6.42. The Balaban J connectivity index is 1.68. The maximum atomic E-state index is 5.51. The molecule has 4 aliphatic rings. The fourth-order valence-electron chi connectivity index (χ4n) is 2.20. The van der Waals surface area contributed by atoms with E-state index in [1.807, 2.05) is 35.4 Å². The van der Waals surface area contributed by atoms with Crippen LogP contribution >= 0.6 is 43.9 Å². The normalized spacial score (nSPS) is 13.3. The summed E-state index contributed by atoms with van der Waals surface area (Å²) in [6.07, 6.45) is 0. The molecule has 26 heavy (non-hydrogen) atoms. The molecule has 0 atom stereocenters. The third-order valence-electron chi connectivity index (χ3n) is 3.46. The van der Waals surface area contributed by atoms with E-state index in [0.717, 1.165) is 31.6 Å².